The van der Waals surface area contributed by atoms with E-state index < -0.39 is 0 Å². The van der Waals surface area contributed by atoms with Crippen molar-refractivity contribution in [3.63, 3.8) is 0 Å². The first-order valence-corrected chi connectivity index (χ1v) is 5.12. The van der Waals surface area contributed by atoms with Crippen LogP contribution in [0.5, 0.6) is 5.75 Å². The van der Waals surface area contributed by atoms with Gasteiger partial charge in [-0.25, -0.2) is 0 Å². The van der Waals surface area contributed by atoms with Gasteiger partial charge in [0.2, 0.25) is 0 Å². The molecule has 1 rings (SSSR count). The van der Waals surface area contributed by atoms with Gasteiger partial charge in [0.1, 0.15) is 5.75 Å². The van der Waals surface area contributed by atoms with E-state index in [1.54, 1.807) is 7.11 Å². The van der Waals surface area contributed by atoms with Crippen LogP contribution in [0.25, 0.3) is 0 Å². The Morgan fingerprint density at radius 3 is 2.54 bits per heavy atom. The summed E-state index contributed by atoms with van der Waals surface area (Å²) in [4.78, 5) is 0. The number of benzene rings is 1. The van der Waals surface area contributed by atoms with Gasteiger partial charge in [-0.15, -0.1) is 0 Å². The highest BCUT2D eigenvalue weighted by Gasteiger charge is 2.04. The predicted molar refractivity (Wildman–Crippen MR) is 61.1 cm³/mol. The normalized spacial score (nSPS) is 10.2. The Balaban J connectivity index is 2.90. The molecule has 0 saturated heterocycles. The molecule has 0 spiro atoms. The fourth-order valence-electron chi connectivity index (χ4n) is 1.04. The smallest absolute Gasteiger partial charge is 0.188 e. The zero-order valence-corrected chi connectivity index (χ0v) is 10.2. The molecule has 0 aliphatic heterocycles. The molecular formula is C10H13IO2. The lowest BCUT2D eigenvalue weighted by Gasteiger charge is -2.10. The summed E-state index contributed by atoms with van der Waals surface area (Å²) in [6.07, 6.45) is 0. The van der Waals surface area contributed by atoms with Gasteiger partial charge in [-0.2, -0.15) is 0 Å². The van der Waals surface area contributed by atoms with E-state index in [4.69, 9.17) is 9.47 Å². The van der Waals surface area contributed by atoms with E-state index in [1.807, 2.05) is 12.1 Å². The molecule has 0 bridgehead atoms. The van der Waals surface area contributed by atoms with E-state index in [9.17, 15) is 0 Å². The van der Waals surface area contributed by atoms with Gasteiger partial charge < -0.3 is 9.47 Å². The summed E-state index contributed by atoms with van der Waals surface area (Å²) < 4.78 is 11.5. The summed E-state index contributed by atoms with van der Waals surface area (Å²) in [6.45, 7) is 4.46. The van der Waals surface area contributed by atoms with Crippen LogP contribution in [-0.4, -0.2) is 13.9 Å². The lowest BCUT2D eigenvalue weighted by molar-refractivity contribution is 0.0506. The highest BCUT2D eigenvalue weighted by molar-refractivity contribution is 14.1. The lowest BCUT2D eigenvalue weighted by atomic mass is 10.1. The van der Waals surface area contributed by atoms with E-state index in [-0.39, 0.29) is 0 Å². The van der Waals surface area contributed by atoms with Crippen LogP contribution in [0.3, 0.4) is 0 Å². The van der Waals surface area contributed by atoms with E-state index in [0.717, 1.165) is 5.75 Å². The van der Waals surface area contributed by atoms with Crippen LogP contribution < -0.4 is 4.74 Å². The predicted octanol–water partition coefficient (Wildman–Crippen LogP) is 2.89. The molecule has 0 aliphatic rings. The molecule has 0 radical (unpaired) electrons. The topological polar surface area (TPSA) is 18.5 Å². The van der Waals surface area contributed by atoms with Crippen molar-refractivity contribution in [3.8, 4) is 5.75 Å². The summed E-state index contributed by atoms with van der Waals surface area (Å²) in [6, 6.07) is 4.02. The molecule has 0 fully saturated rings. The highest BCUT2D eigenvalue weighted by Crippen LogP contribution is 2.24. The summed E-state index contributed by atoms with van der Waals surface area (Å²) in [5.74, 6) is 0.903. The molecule has 1 aromatic carbocycles. The van der Waals surface area contributed by atoms with Crippen molar-refractivity contribution < 1.29 is 9.47 Å². The third-order valence-corrected chi connectivity index (χ3v) is 3.17. The van der Waals surface area contributed by atoms with Gasteiger partial charge in [-0.3, -0.25) is 0 Å². The summed E-state index contributed by atoms with van der Waals surface area (Å²) in [7, 11) is 1.62. The average molecular weight is 292 g/mol. The maximum Gasteiger partial charge on any atom is 0.188 e. The number of hydrogen-bond acceptors (Lipinski definition) is 2. The minimum absolute atomic E-state index is 0.306. The minimum atomic E-state index is 0.306. The molecule has 0 unspecified atom stereocenters. The third kappa shape index (κ3) is 2.57. The number of halogens is 1. The summed E-state index contributed by atoms with van der Waals surface area (Å²) in [5, 5.41) is 0. The maximum absolute atomic E-state index is 5.40. The summed E-state index contributed by atoms with van der Waals surface area (Å²) >= 11 is 2.32. The molecule has 72 valence electrons. The van der Waals surface area contributed by atoms with E-state index >= 15 is 0 Å². The van der Waals surface area contributed by atoms with Crippen molar-refractivity contribution in [2.45, 2.75) is 13.8 Å². The standard InChI is InChI=1S/C10H13IO2/c1-7-8(2)10(13-6-12-3)5-4-9(7)11/h4-5H,6H2,1-3H3. The average Bonchev–Trinajstić information content (AvgIpc) is 2.13. The van der Waals surface area contributed by atoms with Crippen LogP contribution in [0.15, 0.2) is 12.1 Å². The Morgan fingerprint density at radius 2 is 1.92 bits per heavy atom. The Kier molecular flexibility index (Phi) is 3.99. The van der Waals surface area contributed by atoms with Crippen LogP contribution in [0.1, 0.15) is 11.1 Å². The molecule has 0 aliphatic carbocycles. The van der Waals surface area contributed by atoms with Crippen molar-refractivity contribution in [2.24, 2.45) is 0 Å². The van der Waals surface area contributed by atoms with Crippen molar-refractivity contribution in [2.75, 3.05) is 13.9 Å². The second-order valence-electron chi connectivity index (χ2n) is 2.85. The van der Waals surface area contributed by atoms with E-state index in [2.05, 4.69) is 36.4 Å². The first-order valence-electron chi connectivity index (χ1n) is 4.04. The molecule has 0 saturated carbocycles. The van der Waals surface area contributed by atoms with Crippen LogP contribution in [0.4, 0.5) is 0 Å². The fraction of sp³-hybridized carbons (Fsp3) is 0.400. The molecular weight excluding hydrogens is 279 g/mol. The number of methoxy groups -OCH3 is 1. The van der Waals surface area contributed by atoms with E-state index in [0.29, 0.717) is 6.79 Å². The largest absolute Gasteiger partial charge is 0.467 e. The van der Waals surface area contributed by atoms with Crippen LogP contribution >= 0.6 is 22.6 Å². The first-order chi connectivity index (χ1) is 6.16. The SMILES string of the molecule is COCOc1ccc(I)c(C)c1C. The quantitative estimate of drug-likeness (QED) is 0.630. The molecule has 2 nitrogen and oxygen atoms in total. The van der Waals surface area contributed by atoms with E-state index in [1.165, 1.54) is 14.7 Å². The van der Waals surface area contributed by atoms with Crippen LogP contribution in [0.2, 0.25) is 0 Å². The minimum Gasteiger partial charge on any atom is -0.467 e. The van der Waals surface area contributed by atoms with Crippen molar-refractivity contribution in [1.29, 1.82) is 0 Å². The molecule has 1 aromatic rings. The molecule has 13 heavy (non-hydrogen) atoms. The van der Waals surface area contributed by atoms with Crippen molar-refractivity contribution >= 4 is 22.6 Å². The molecule has 0 amide bonds. The van der Waals surface area contributed by atoms with Gasteiger partial charge in [0.15, 0.2) is 6.79 Å². The van der Waals surface area contributed by atoms with Gasteiger partial charge in [0.25, 0.3) is 0 Å². The Hall–Kier alpha value is -0.290. The van der Waals surface area contributed by atoms with Crippen molar-refractivity contribution in [1.82, 2.24) is 0 Å². The first kappa shape index (κ1) is 10.8. The molecule has 3 heteroatoms. The monoisotopic (exact) mass is 292 g/mol. The zero-order valence-electron chi connectivity index (χ0n) is 8.06. The van der Waals surface area contributed by atoms with Gasteiger partial charge >= 0.3 is 0 Å². The molecule has 0 aromatic heterocycles. The molecule has 0 N–H and O–H groups in total. The van der Waals surface area contributed by atoms with Gasteiger partial charge in [0, 0.05) is 10.7 Å². The molecule has 0 atom stereocenters. The number of hydrogen-bond donors (Lipinski definition) is 0. The Bertz CT molecular complexity index is 297. The number of rotatable bonds is 3. The highest BCUT2D eigenvalue weighted by atomic mass is 127. The summed E-state index contributed by atoms with van der Waals surface area (Å²) in [5.41, 5.74) is 2.46. The van der Waals surface area contributed by atoms with Gasteiger partial charge in [0.05, 0.1) is 0 Å². The zero-order chi connectivity index (χ0) is 9.84. The molecule has 0 heterocycles. The van der Waals surface area contributed by atoms with Crippen LogP contribution in [0, 0.1) is 17.4 Å². The van der Waals surface area contributed by atoms with Gasteiger partial charge in [-0.05, 0) is 59.7 Å². The fourth-order valence-corrected chi connectivity index (χ4v) is 1.63. The van der Waals surface area contributed by atoms with Crippen LogP contribution in [-0.2, 0) is 4.74 Å². The van der Waals surface area contributed by atoms with Gasteiger partial charge in [-0.1, -0.05) is 0 Å². The maximum atomic E-state index is 5.40. The second kappa shape index (κ2) is 4.81. The third-order valence-electron chi connectivity index (χ3n) is 2.00. The Morgan fingerprint density at radius 1 is 1.23 bits per heavy atom. The lowest BCUT2D eigenvalue weighted by Crippen LogP contribution is -2.01. The number of ether oxygens (including phenoxy) is 2. The second-order valence-corrected chi connectivity index (χ2v) is 4.01. The van der Waals surface area contributed by atoms with Crippen molar-refractivity contribution in [3.05, 3.63) is 26.8 Å². The Labute approximate surface area is 92.4 Å².